The van der Waals surface area contributed by atoms with Gasteiger partial charge in [0.05, 0.1) is 5.69 Å². The number of hydrogen-bond acceptors (Lipinski definition) is 4. The van der Waals surface area contributed by atoms with Crippen LogP contribution in [0.2, 0.25) is 0 Å². The molecule has 3 rings (SSSR count). The maximum Gasteiger partial charge on any atom is 0.331 e. The number of ether oxygens (including phenoxy) is 2. The third-order valence-electron chi connectivity index (χ3n) is 3.97. The summed E-state index contributed by atoms with van der Waals surface area (Å²) in [6, 6.07) is 9.23. The molecule has 130 valence electrons. The van der Waals surface area contributed by atoms with E-state index in [9.17, 15) is 9.59 Å². The first-order valence-corrected chi connectivity index (χ1v) is 8.65. The number of carbonyl (C=O) groups excluding carboxylic acids is 2. The summed E-state index contributed by atoms with van der Waals surface area (Å²) < 4.78 is 11.8. The number of benzene rings is 2. The van der Waals surface area contributed by atoms with Crippen molar-refractivity contribution in [1.29, 1.82) is 0 Å². The molecule has 0 aromatic heterocycles. The molecular weight excluding hydrogens is 386 g/mol. The van der Waals surface area contributed by atoms with E-state index >= 15 is 0 Å². The maximum atomic E-state index is 12.4. The molecule has 0 bridgehead atoms. The summed E-state index contributed by atoms with van der Waals surface area (Å²) in [5.74, 6) is 0.347. The molecule has 1 heterocycles. The van der Waals surface area contributed by atoms with Crippen LogP contribution in [0.3, 0.4) is 0 Å². The van der Waals surface area contributed by atoms with Gasteiger partial charge in [-0.3, -0.25) is 9.69 Å². The van der Waals surface area contributed by atoms with Crippen LogP contribution in [0.5, 0.6) is 11.5 Å². The van der Waals surface area contributed by atoms with Gasteiger partial charge in [0, 0.05) is 4.47 Å². The average molecular weight is 404 g/mol. The number of hydrogen-bond donors (Lipinski definition) is 0. The van der Waals surface area contributed by atoms with Crippen molar-refractivity contribution in [3.63, 3.8) is 0 Å². The molecule has 0 aliphatic carbocycles. The Kier molecular flexibility index (Phi) is 4.81. The molecule has 0 fully saturated rings. The van der Waals surface area contributed by atoms with Gasteiger partial charge >= 0.3 is 5.97 Å². The molecular formula is C19H18BrNO4. The van der Waals surface area contributed by atoms with Crippen molar-refractivity contribution in [2.75, 3.05) is 18.1 Å². The molecule has 0 saturated carbocycles. The van der Waals surface area contributed by atoms with Gasteiger partial charge in [0.2, 0.25) is 0 Å². The van der Waals surface area contributed by atoms with Crippen LogP contribution in [-0.4, -0.2) is 25.0 Å². The molecule has 1 aliphatic heterocycles. The van der Waals surface area contributed by atoms with Crippen molar-refractivity contribution >= 4 is 33.5 Å². The summed E-state index contributed by atoms with van der Waals surface area (Å²) in [4.78, 5) is 26.0. The number of fused-ring (bicyclic) bond motifs is 1. The van der Waals surface area contributed by atoms with Gasteiger partial charge in [-0.05, 0) is 50.1 Å². The van der Waals surface area contributed by atoms with Crippen LogP contribution < -0.4 is 14.4 Å². The number of aryl methyl sites for hydroxylation is 3. The van der Waals surface area contributed by atoms with E-state index in [0.29, 0.717) is 17.2 Å². The highest BCUT2D eigenvalue weighted by Gasteiger charge is 2.28. The monoisotopic (exact) mass is 403 g/mol. The lowest BCUT2D eigenvalue weighted by Crippen LogP contribution is -2.43. The molecule has 0 radical (unpaired) electrons. The zero-order valence-corrected chi connectivity index (χ0v) is 15.8. The Morgan fingerprint density at radius 3 is 2.56 bits per heavy atom. The van der Waals surface area contributed by atoms with Gasteiger partial charge in [-0.2, -0.15) is 0 Å². The van der Waals surface area contributed by atoms with Crippen LogP contribution in [0.1, 0.15) is 16.7 Å². The number of rotatable bonds is 3. The molecule has 1 amide bonds. The first-order valence-electron chi connectivity index (χ1n) is 7.86. The fourth-order valence-electron chi connectivity index (χ4n) is 2.95. The lowest BCUT2D eigenvalue weighted by atomic mass is 10.1. The highest BCUT2D eigenvalue weighted by atomic mass is 79.9. The van der Waals surface area contributed by atoms with Gasteiger partial charge in [0.1, 0.15) is 18.0 Å². The fourth-order valence-corrected chi connectivity index (χ4v) is 3.29. The Morgan fingerprint density at radius 1 is 1.20 bits per heavy atom. The van der Waals surface area contributed by atoms with E-state index in [1.807, 2.05) is 32.9 Å². The van der Waals surface area contributed by atoms with Gasteiger partial charge < -0.3 is 9.47 Å². The fraction of sp³-hybridized carbons (Fsp3) is 0.263. The van der Waals surface area contributed by atoms with Crippen LogP contribution in [0.4, 0.5) is 5.69 Å². The van der Waals surface area contributed by atoms with Crippen LogP contribution in [-0.2, 0) is 9.59 Å². The zero-order valence-electron chi connectivity index (χ0n) is 14.3. The van der Waals surface area contributed by atoms with Gasteiger partial charge in [-0.25, -0.2) is 4.79 Å². The third-order valence-corrected chi connectivity index (χ3v) is 4.47. The number of esters is 1. The van der Waals surface area contributed by atoms with E-state index in [4.69, 9.17) is 9.47 Å². The Bertz CT molecular complexity index is 839. The summed E-state index contributed by atoms with van der Waals surface area (Å²) in [5, 5.41) is 0. The molecule has 1 aliphatic rings. The molecule has 0 N–H and O–H groups in total. The van der Waals surface area contributed by atoms with Crippen LogP contribution in [0, 0.1) is 20.8 Å². The Labute approximate surface area is 154 Å². The highest BCUT2D eigenvalue weighted by Crippen LogP contribution is 2.34. The zero-order chi connectivity index (χ0) is 18.1. The molecule has 0 saturated heterocycles. The quantitative estimate of drug-likeness (QED) is 0.578. The van der Waals surface area contributed by atoms with Crippen LogP contribution >= 0.6 is 15.9 Å². The second-order valence-corrected chi connectivity index (χ2v) is 7.00. The number of nitrogens with zero attached hydrogens (tertiary/aromatic N) is 1. The van der Waals surface area contributed by atoms with Gasteiger partial charge in [-0.1, -0.05) is 33.6 Å². The summed E-state index contributed by atoms with van der Waals surface area (Å²) in [5.41, 5.74) is 3.46. The molecule has 6 heteroatoms. The van der Waals surface area contributed by atoms with E-state index < -0.39 is 5.97 Å². The van der Waals surface area contributed by atoms with Crippen molar-refractivity contribution in [2.24, 2.45) is 0 Å². The third kappa shape index (κ3) is 3.69. The van der Waals surface area contributed by atoms with E-state index in [0.717, 1.165) is 21.2 Å². The highest BCUT2D eigenvalue weighted by molar-refractivity contribution is 9.10. The van der Waals surface area contributed by atoms with Crippen molar-refractivity contribution < 1.29 is 19.1 Å². The normalized spacial score (nSPS) is 13.3. The standard InChI is InChI=1S/C19H18BrNO4/c1-11-6-12(2)19(13(3)7-11)25-18(23)9-21-15-5-4-14(20)8-16(15)24-10-17(21)22/h4-8H,9-10H2,1-3H3. The minimum absolute atomic E-state index is 0.0979. The van der Waals surface area contributed by atoms with Crippen molar-refractivity contribution in [3.05, 3.63) is 51.5 Å². The smallest absolute Gasteiger partial charge is 0.331 e. The molecule has 0 unspecified atom stereocenters. The molecule has 2 aromatic rings. The van der Waals surface area contributed by atoms with E-state index in [2.05, 4.69) is 15.9 Å². The molecule has 25 heavy (non-hydrogen) atoms. The first-order chi connectivity index (χ1) is 11.8. The van der Waals surface area contributed by atoms with Crippen LogP contribution in [0.25, 0.3) is 0 Å². The number of halogens is 1. The second kappa shape index (κ2) is 6.88. The predicted octanol–water partition coefficient (Wildman–Crippen LogP) is 3.71. The average Bonchev–Trinajstić information content (AvgIpc) is 2.53. The van der Waals surface area contributed by atoms with Crippen LogP contribution in [0.15, 0.2) is 34.8 Å². The Hall–Kier alpha value is -2.34. The van der Waals surface area contributed by atoms with E-state index in [-0.39, 0.29) is 19.1 Å². The molecule has 0 atom stereocenters. The topological polar surface area (TPSA) is 55.8 Å². The SMILES string of the molecule is Cc1cc(C)c(OC(=O)CN2C(=O)COc3cc(Br)ccc32)c(C)c1. The number of amides is 1. The molecule has 2 aromatic carbocycles. The maximum absolute atomic E-state index is 12.4. The van der Waals surface area contributed by atoms with Gasteiger partial charge in [0.25, 0.3) is 5.91 Å². The van der Waals surface area contributed by atoms with E-state index in [1.165, 1.54) is 4.90 Å². The van der Waals surface area contributed by atoms with Crippen molar-refractivity contribution in [1.82, 2.24) is 0 Å². The summed E-state index contributed by atoms with van der Waals surface area (Å²) >= 11 is 3.37. The molecule has 5 nitrogen and oxygen atoms in total. The first kappa shape index (κ1) is 17.5. The largest absolute Gasteiger partial charge is 0.482 e. The van der Waals surface area contributed by atoms with Gasteiger partial charge in [0.15, 0.2) is 6.61 Å². The summed E-state index contributed by atoms with van der Waals surface area (Å²) in [6.45, 7) is 5.53. The lowest BCUT2D eigenvalue weighted by molar-refractivity contribution is -0.134. The number of carbonyl (C=O) groups is 2. The minimum Gasteiger partial charge on any atom is -0.482 e. The minimum atomic E-state index is -0.487. The lowest BCUT2D eigenvalue weighted by Gasteiger charge is -2.28. The van der Waals surface area contributed by atoms with Crippen molar-refractivity contribution in [2.45, 2.75) is 20.8 Å². The van der Waals surface area contributed by atoms with Crippen molar-refractivity contribution in [3.8, 4) is 11.5 Å². The molecule has 0 spiro atoms. The Morgan fingerprint density at radius 2 is 1.88 bits per heavy atom. The summed E-state index contributed by atoms with van der Waals surface area (Å²) in [7, 11) is 0. The van der Waals surface area contributed by atoms with E-state index in [1.54, 1.807) is 18.2 Å². The van der Waals surface area contributed by atoms with Gasteiger partial charge in [-0.15, -0.1) is 0 Å². The number of anilines is 1. The Balaban J connectivity index is 1.81. The second-order valence-electron chi connectivity index (χ2n) is 6.08. The predicted molar refractivity (Wildman–Crippen MR) is 98.3 cm³/mol. The summed E-state index contributed by atoms with van der Waals surface area (Å²) in [6.07, 6.45) is 0.